The van der Waals surface area contributed by atoms with E-state index < -0.39 is 30.1 Å². The number of halogens is 6. The topological polar surface area (TPSA) is 45.1 Å². The lowest BCUT2D eigenvalue weighted by molar-refractivity contribution is -0.365. The molecule has 1 N–H and O–H groups in total. The van der Waals surface area contributed by atoms with Crippen LogP contribution in [0.5, 0.6) is 5.75 Å². The second-order valence-electron chi connectivity index (χ2n) is 5.16. The van der Waals surface area contributed by atoms with Gasteiger partial charge in [0.1, 0.15) is 5.75 Å². The zero-order valence-electron chi connectivity index (χ0n) is 13.0. The van der Waals surface area contributed by atoms with Gasteiger partial charge < -0.3 is 14.9 Å². The Morgan fingerprint density at radius 3 is 2.08 bits per heavy atom. The molecule has 0 amide bonds. The summed E-state index contributed by atoms with van der Waals surface area (Å²) < 4.78 is 82.3. The highest BCUT2D eigenvalue weighted by atomic mass is 19.4. The van der Waals surface area contributed by atoms with Gasteiger partial charge in [-0.1, -0.05) is 12.1 Å². The Bertz CT molecular complexity index is 582. The molecule has 1 aromatic carbocycles. The van der Waals surface area contributed by atoms with Crippen molar-refractivity contribution in [2.75, 3.05) is 21.2 Å². The second-order valence-corrected chi connectivity index (χ2v) is 5.16. The minimum absolute atomic E-state index is 0.0324. The molecular weight excluding hydrogens is 342 g/mol. The summed E-state index contributed by atoms with van der Waals surface area (Å²) in [4.78, 5) is 0. The van der Waals surface area contributed by atoms with Crippen molar-refractivity contribution in [3.05, 3.63) is 29.8 Å². The number of aliphatic hydroxyl groups is 1. The summed E-state index contributed by atoms with van der Waals surface area (Å²) in [6, 6.07) is 5.36. The quantitative estimate of drug-likeness (QED) is 0.500. The van der Waals surface area contributed by atoms with Crippen molar-refractivity contribution in [3.63, 3.8) is 0 Å². The zero-order valence-corrected chi connectivity index (χ0v) is 13.0. The molecule has 0 fully saturated rings. The fourth-order valence-electron chi connectivity index (χ4n) is 1.84. The van der Waals surface area contributed by atoms with E-state index in [9.17, 15) is 31.4 Å². The van der Waals surface area contributed by atoms with Crippen LogP contribution in [0.2, 0.25) is 0 Å². The minimum atomic E-state index is -5.92. The van der Waals surface area contributed by atoms with Crippen LogP contribution in [-0.2, 0) is 0 Å². The highest BCUT2D eigenvalue weighted by Crippen LogP contribution is 2.46. The van der Waals surface area contributed by atoms with Crippen molar-refractivity contribution in [3.8, 4) is 5.75 Å². The maximum absolute atomic E-state index is 12.9. The van der Waals surface area contributed by atoms with Crippen LogP contribution in [0.3, 0.4) is 0 Å². The number of rotatable bonds is 5. The molecule has 1 aromatic rings. The average Bonchev–Trinajstić information content (AvgIpc) is 2.43. The third-order valence-corrected chi connectivity index (χ3v) is 3.08. The molecule has 0 atom stereocenters. The summed E-state index contributed by atoms with van der Waals surface area (Å²) in [6.45, 7) is 0. The Kier molecular flexibility index (Phi) is 5.75. The van der Waals surface area contributed by atoms with Gasteiger partial charge in [-0.3, -0.25) is 0 Å². The van der Waals surface area contributed by atoms with Crippen molar-refractivity contribution < 1.29 is 36.2 Å². The molecular formula is C14H16F6N2O2. The van der Waals surface area contributed by atoms with Crippen LogP contribution in [0.25, 0.3) is 0 Å². The molecule has 0 bridgehead atoms. The first-order valence-electron chi connectivity index (χ1n) is 6.57. The van der Waals surface area contributed by atoms with E-state index in [0.717, 1.165) is 5.01 Å². The number of hydrogen-bond donors (Lipinski definition) is 1. The van der Waals surface area contributed by atoms with E-state index in [2.05, 4.69) is 5.10 Å². The molecule has 0 aliphatic heterocycles. The fourth-order valence-corrected chi connectivity index (χ4v) is 1.84. The summed E-state index contributed by atoms with van der Waals surface area (Å²) in [5.74, 6) is 0.224. The summed E-state index contributed by atoms with van der Waals surface area (Å²) >= 11 is 0. The highest BCUT2D eigenvalue weighted by molar-refractivity contribution is 6.01. The number of alkyl halides is 6. The second kappa shape index (κ2) is 6.88. The molecule has 0 aliphatic carbocycles. The van der Waals surface area contributed by atoms with Crippen LogP contribution in [-0.4, -0.2) is 55.0 Å². The average molecular weight is 358 g/mol. The summed E-state index contributed by atoms with van der Waals surface area (Å²) in [5.41, 5.74) is -5.54. The molecule has 136 valence electrons. The molecule has 0 aromatic heterocycles. The predicted octanol–water partition coefficient (Wildman–Crippen LogP) is 3.21. The lowest BCUT2D eigenvalue weighted by Crippen LogP contribution is -2.58. The van der Waals surface area contributed by atoms with Gasteiger partial charge in [0, 0.05) is 26.1 Å². The van der Waals surface area contributed by atoms with E-state index in [-0.39, 0.29) is 11.3 Å². The van der Waals surface area contributed by atoms with Crippen molar-refractivity contribution in [1.29, 1.82) is 0 Å². The number of hydrogen-bond acceptors (Lipinski definition) is 4. The molecule has 1 rings (SSSR count). The maximum Gasteiger partial charge on any atom is 0.426 e. The first-order valence-corrected chi connectivity index (χ1v) is 6.57. The number of benzene rings is 1. The van der Waals surface area contributed by atoms with Crippen molar-refractivity contribution in [2.24, 2.45) is 5.10 Å². The van der Waals surface area contributed by atoms with E-state index >= 15 is 0 Å². The van der Waals surface area contributed by atoms with Crippen LogP contribution in [0.1, 0.15) is 12.0 Å². The zero-order chi connectivity index (χ0) is 18.8. The van der Waals surface area contributed by atoms with Gasteiger partial charge in [0.25, 0.3) is 5.60 Å². The Morgan fingerprint density at radius 1 is 1.12 bits per heavy atom. The largest absolute Gasteiger partial charge is 0.497 e. The van der Waals surface area contributed by atoms with Crippen LogP contribution in [0.15, 0.2) is 29.4 Å². The van der Waals surface area contributed by atoms with E-state index in [1.54, 1.807) is 0 Å². The van der Waals surface area contributed by atoms with Gasteiger partial charge in [-0.2, -0.15) is 31.4 Å². The summed E-state index contributed by atoms with van der Waals surface area (Å²) in [5, 5.41) is 14.1. The third-order valence-electron chi connectivity index (χ3n) is 3.08. The Labute approximate surface area is 134 Å². The van der Waals surface area contributed by atoms with Gasteiger partial charge in [0.05, 0.1) is 12.8 Å². The van der Waals surface area contributed by atoms with E-state index in [1.165, 1.54) is 45.5 Å². The van der Waals surface area contributed by atoms with Gasteiger partial charge in [-0.15, -0.1) is 0 Å². The van der Waals surface area contributed by atoms with Crippen molar-refractivity contribution in [2.45, 2.75) is 24.4 Å². The van der Waals surface area contributed by atoms with Gasteiger partial charge in [-0.05, 0) is 12.1 Å². The van der Waals surface area contributed by atoms with Crippen molar-refractivity contribution >= 4 is 5.71 Å². The molecule has 24 heavy (non-hydrogen) atoms. The highest BCUT2D eigenvalue weighted by Gasteiger charge is 2.70. The first-order chi connectivity index (χ1) is 10.8. The first kappa shape index (κ1) is 20.1. The van der Waals surface area contributed by atoms with E-state index in [0.29, 0.717) is 0 Å². The fraction of sp³-hybridized carbons (Fsp3) is 0.500. The summed E-state index contributed by atoms with van der Waals surface area (Å²) in [7, 11) is 3.96. The molecule has 0 spiro atoms. The Hall–Kier alpha value is -1.97. The van der Waals surface area contributed by atoms with Gasteiger partial charge >= 0.3 is 12.4 Å². The molecule has 10 heteroatoms. The molecule has 0 aliphatic rings. The number of nitrogens with zero attached hydrogens (tertiary/aromatic N) is 2. The van der Waals surface area contributed by atoms with Crippen LogP contribution in [0, 0.1) is 0 Å². The predicted molar refractivity (Wildman–Crippen MR) is 74.9 cm³/mol. The number of ether oxygens (including phenoxy) is 1. The summed E-state index contributed by atoms with van der Waals surface area (Å²) in [6.07, 6.45) is -13.6. The SMILES string of the molecule is COc1cccc(/C(CC(O)(C(F)(F)F)C(F)(F)F)=N/N(C)C)c1. The molecule has 0 saturated carbocycles. The third kappa shape index (κ3) is 4.31. The van der Waals surface area contributed by atoms with Gasteiger partial charge in [0.2, 0.25) is 0 Å². The van der Waals surface area contributed by atoms with E-state index in [4.69, 9.17) is 4.74 Å². The van der Waals surface area contributed by atoms with Crippen LogP contribution >= 0.6 is 0 Å². The molecule has 0 radical (unpaired) electrons. The Balaban J connectivity index is 3.42. The molecule has 0 heterocycles. The minimum Gasteiger partial charge on any atom is -0.497 e. The van der Waals surface area contributed by atoms with Crippen LogP contribution in [0.4, 0.5) is 26.3 Å². The lowest BCUT2D eigenvalue weighted by atomic mass is 9.91. The van der Waals surface area contributed by atoms with E-state index in [1.807, 2.05) is 0 Å². The maximum atomic E-state index is 12.9. The molecule has 0 saturated heterocycles. The smallest absolute Gasteiger partial charge is 0.426 e. The van der Waals surface area contributed by atoms with Gasteiger partial charge in [0.15, 0.2) is 0 Å². The normalized spacial score (nSPS) is 13.8. The van der Waals surface area contributed by atoms with Gasteiger partial charge in [-0.25, -0.2) is 0 Å². The number of methoxy groups -OCH3 is 1. The molecule has 0 unspecified atom stereocenters. The standard InChI is InChI=1S/C14H16F6N2O2/c1-22(2)21-11(9-5-4-6-10(7-9)24-3)8-12(23,13(15,16)17)14(18,19)20/h4-7,23H,8H2,1-3H3/b21-11+. The monoisotopic (exact) mass is 358 g/mol. The van der Waals surface area contributed by atoms with Crippen molar-refractivity contribution in [1.82, 2.24) is 5.01 Å². The molecule has 4 nitrogen and oxygen atoms in total. The Morgan fingerprint density at radius 2 is 1.67 bits per heavy atom. The number of hydrazone groups is 1. The van der Waals surface area contributed by atoms with Crippen LogP contribution < -0.4 is 4.74 Å². The lowest BCUT2D eigenvalue weighted by Gasteiger charge is -2.32.